The van der Waals surface area contributed by atoms with Gasteiger partial charge in [0.05, 0.1) is 171 Å². The summed E-state index contributed by atoms with van der Waals surface area (Å²) in [5, 5.41) is 1.83. The Hall–Kier alpha value is -7.34. The van der Waals surface area contributed by atoms with Gasteiger partial charge in [-0.15, -0.1) is 20.3 Å². The molecule has 35 nitrogen and oxygen atoms in total. The van der Waals surface area contributed by atoms with Gasteiger partial charge in [-0.05, 0) is 18.8 Å². The number of rotatable bonds is 53. The van der Waals surface area contributed by atoms with Crippen LogP contribution in [0.3, 0.4) is 0 Å². The summed E-state index contributed by atoms with van der Waals surface area (Å²) in [6.45, 7) is 2.40. The second-order valence-corrected chi connectivity index (χ2v) is 19.7. The predicted molar refractivity (Wildman–Crippen MR) is 299 cm³/mol. The summed E-state index contributed by atoms with van der Waals surface area (Å²) in [7, 11) is 0. The van der Waals surface area contributed by atoms with Crippen molar-refractivity contribution in [3.8, 4) is 11.8 Å². The molecule has 4 saturated heterocycles. The molecule has 0 aromatic rings. The monoisotopic (exact) mass is 1320 g/mol. The quantitative estimate of drug-likeness (QED) is 0.0274. The van der Waals surface area contributed by atoms with Crippen LogP contribution >= 0.6 is 0 Å². The minimum absolute atomic E-state index is 0.0222. The van der Waals surface area contributed by atoms with Gasteiger partial charge in [-0.2, -0.15) is 0 Å². The number of carbonyl (C=O) groups excluding carboxylic acids is 14. The maximum Gasteiger partial charge on any atom is 0.335 e. The summed E-state index contributed by atoms with van der Waals surface area (Å²) < 4.78 is 66.3. The molecule has 0 aromatic heterocycles. The molecule has 4 heterocycles. The van der Waals surface area contributed by atoms with E-state index in [4.69, 9.17) is 76.2 Å². The lowest BCUT2D eigenvalue weighted by molar-refractivity contribution is -0.198. The van der Waals surface area contributed by atoms with Crippen molar-refractivity contribution in [1.29, 1.82) is 0 Å². The number of Topliss-reactive ketones (excluding diaryl/α,β-unsaturated/α-hetero) is 1. The van der Waals surface area contributed by atoms with Gasteiger partial charge in [0.25, 0.3) is 53.2 Å². The third-order valence-electron chi connectivity index (χ3n) is 12.8. The van der Waals surface area contributed by atoms with E-state index in [1.807, 2.05) is 0 Å². The summed E-state index contributed by atoms with van der Waals surface area (Å²) in [5.41, 5.74) is 0. The van der Waals surface area contributed by atoms with Crippen molar-refractivity contribution >= 4 is 82.8 Å². The molecule has 4 rings (SSSR count). The standard InChI is InChI=1S/C57H81N5O30/c63-44(43(11-19-77-27-35-85-37-29-79-21-13-54(73)89-59-46(65)3-4-47(59)66)12-20-78-28-36-86-38-30-80-22-14-55(74)90-60-48(67)5-6-49(60)68)1-2-45(64)58(17-25-83-33-41-87-39-31-81-23-15-56(75)91-61-50(69)7-8-51(61)70)18-26-84-34-42-88-40-32-82-24-16-57(76)92-62-52(71)9-10-53(62)72/h43H,3-42H2. The fraction of sp³-hybridized carbons (Fsp3) is 0.719. The molecule has 92 heavy (non-hydrogen) atoms. The van der Waals surface area contributed by atoms with Gasteiger partial charge < -0.3 is 81.1 Å². The van der Waals surface area contributed by atoms with Gasteiger partial charge in [-0.1, -0.05) is 0 Å². The first kappa shape index (κ1) is 77.1. The van der Waals surface area contributed by atoms with E-state index in [0.29, 0.717) is 20.3 Å². The third kappa shape index (κ3) is 32.8. The Morgan fingerprint density at radius 3 is 0.739 bits per heavy atom. The number of hydrogen-bond acceptors (Lipinski definition) is 30. The molecule has 35 heteroatoms. The molecule has 0 bridgehead atoms. The van der Waals surface area contributed by atoms with Gasteiger partial charge in [0, 0.05) is 89.5 Å². The molecule has 0 atom stereocenters. The minimum atomic E-state index is -0.799. The van der Waals surface area contributed by atoms with E-state index in [-0.39, 0.29) is 262 Å². The number of nitrogens with zero attached hydrogens (tertiary/aromatic N) is 5. The number of ketones is 1. The van der Waals surface area contributed by atoms with E-state index >= 15 is 0 Å². The Labute approximate surface area is 529 Å². The molecule has 0 spiro atoms. The number of hydrogen-bond donors (Lipinski definition) is 0. The molecule has 4 aliphatic heterocycles. The SMILES string of the molecule is O=C(CCOCCOCCOCCC(CCOCCOCCOCCC(=O)ON1C(=O)CCC1=O)C(=O)C#CC(=O)N(CCOCCOCCOCCC(=O)ON1C(=O)CCC1=O)CCOCCOCCOCCC(=O)ON1C(=O)CCC1=O)ON1C(=O)CCC1=O. The zero-order valence-electron chi connectivity index (χ0n) is 51.3. The number of ether oxygens (including phenoxy) is 12. The zero-order chi connectivity index (χ0) is 66.6. The van der Waals surface area contributed by atoms with Crippen molar-refractivity contribution in [3.05, 3.63) is 0 Å². The van der Waals surface area contributed by atoms with E-state index < -0.39 is 88.7 Å². The predicted octanol–water partition coefficient (Wildman–Crippen LogP) is -2.03. The molecule has 0 unspecified atom stereocenters. The molecule has 0 saturated carbocycles. The van der Waals surface area contributed by atoms with Crippen molar-refractivity contribution in [3.63, 3.8) is 0 Å². The van der Waals surface area contributed by atoms with Crippen molar-refractivity contribution in [2.75, 3.05) is 172 Å². The van der Waals surface area contributed by atoms with Gasteiger partial charge in [0.2, 0.25) is 5.78 Å². The molecule has 0 N–H and O–H groups in total. The first-order valence-electron chi connectivity index (χ1n) is 30.1. The Morgan fingerprint density at radius 1 is 0.293 bits per heavy atom. The molecule has 0 aromatic carbocycles. The van der Waals surface area contributed by atoms with Crippen LogP contribution in [-0.4, -0.2) is 280 Å². The van der Waals surface area contributed by atoms with Crippen LogP contribution in [-0.2, 0) is 143 Å². The molecule has 514 valence electrons. The Morgan fingerprint density at radius 2 is 0.500 bits per heavy atom. The van der Waals surface area contributed by atoms with Crippen molar-refractivity contribution in [2.45, 2.75) is 89.9 Å². The largest absolute Gasteiger partial charge is 0.379 e. The highest BCUT2D eigenvalue weighted by atomic mass is 16.7. The lowest BCUT2D eigenvalue weighted by Crippen LogP contribution is -2.36. The molecular formula is C57H81N5O30. The number of carbonyl (C=O) groups is 14. The normalized spacial score (nSPS) is 14.9. The summed E-state index contributed by atoms with van der Waals surface area (Å²) >= 11 is 0. The maximum atomic E-state index is 13.6. The van der Waals surface area contributed by atoms with Crippen LogP contribution in [0, 0.1) is 17.8 Å². The highest BCUT2D eigenvalue weighted by Crippen LogP contribution is 2.17. The lowest BCUT2D eigenvalue weighted by atomic mass is 9.97. The average molecular weight is 1320 g/mol. The van der Waals surface area contributed by atoms with Crippen LogP contribution in [0.5, 0.6) is 0 Å². The van der Waals surface area contributed by atoms with Crippen LogP contribution in [0.25, 0.3) is 0 Å². The van der Waals surface area contributed by atoms with E-state index in [2.05, 4.69) is 11.8 Å². The lowest BCUT2D eigenvalue weighted by Gasteiger charge is -2.20. The maximum absolute atomic E-state index is 13.6. The topological polar surface area (TPSA) is 403 Å². The fourth-order valence-electron chi connectivity index (χ4n) is 7.83. The first-order valence-corrected chi connectivity index (χ1v) is 30.1. The van der Waals surface area contributed by atoms with Crippen LogP contribution in [0.2, 0.25) is 0 Å². The number of amides is 9. The van der Waals surface area contributed by atoms with Crippen LogP contribution in [0.4, 0.5) is 0 Å². The summed E-state index contributed by atoms with van der Waals surface area (Å²) in [6.07, 6.45) is -0.584. The van der Waals surface area contributed by atoms with E-state index in [1.165, 1.54) is 4.90 Å². The first-order chi connectivity index (χ1) is 44.5. The van der Waals surface area contributed by atoms with E-state index in [1.54, 1.807) is 0 Å². The summed E-state index contributed by atoms with van der Waals surface area (Å²) in [4.78, 5) is 189. The molecule has 4 fully saturated rings. The zero-order valence-corrected chi connectivity index (χ0v) is 51.3. The van der Waals surface area contributed by atoms with Crippen LogP contribution in [0.15, 0.2) is 0 Å². The Balaban J connectivity index is 1.19. The van der Waals surface area contributed by atoms with Gasteiger partial charge in [0.1, 0.15) is 0 Å². The highest BCUT2D eigenvalue weighted by molar-refractivity contribution is 6.05. The molecule has 0 radical (unpaired) electrons. The Bertz CT molecular complexity index is 2130. The van der Waals surface area contributed by atoms with Crippen molar-refractivity contribution < 1.29 is 143 Å². The second-order valence-electron chi connectivity index (χ2n) is 19.7. The van der Waals surface area contributed by atoms with Gasteiger partial charge in [-0.25, -0.2) is 19.2 Å². The molecule has 0 aliphatic carbocycles. The summed E-state index contributed by atoms with van der Waals surface area (Å²) in [5.74, 6) is -4.96. The fourth-order valence-corrected chi connectivity index (χ4v) is 7.83. The van der Waals surface area contributed by atoms with E-state index in [0.717, 1.165) is 0 Å². The third-order valence-corrected chi connectivity index (χ3v) is 12.8. The van der Waals surface area contributed by atoms with Gasteiger partial charge in [-0.3, -0.25) is 47.9 Å². The molecular weight excluding hydrogens is 1230 g/mol. The van der Waals surface area contributed by atoms with Crippen LogP contribution < -0.4 is 0 Å². The second kappa shape index (κ2) is 46.7. The average Bonchev–Trinajstić information content (AvgIpc) is 2.43. The van der Waals surface area contributed by atoms with Gasteiger partial charge in [0.15, 0.2) is 0 Å². The van der Waals surface area contributed by atoms with E-state index in [9.17, 15) is 67.1 Å². The summed E-state index contributed by atoms with van der Waals surface area (Å²) in [6, 6.07) is 0. The van der Waals surface area contributed by atoms with Crippen molar-refractivity contribution in [2.24, 2.45) is 5.92 Å². The molecule has 9 amide bonds. The highest BCUT2D eigenvalue weighted by Gasteiger charge is 2.36. The smallest absolute Gasteiger partial charge is 0.335 e. The number of hydroxylamine groups is 8. The molecule has 4 aliphatic rings. The van der Waals surface area contributed by atoms with Gasteiger partial charge >= 0.3 is 23.9 Å². The minimum Gasteiger partial charge on any atom is -0.379 e. The van der Waals surface area contributed by atoms with Crippen molar-refractivity contribution in [1.82, 2.24) is 25.2 Å². The Kier molecular flexibility index (Phi) is 39.1. The van der Waals surface area contributed by atoms with Crippen LogP contribution in [0.1, 0.15) is 89.9 Å². The number of imide groups is 4.